The highest BCUT2D eigenvalue weighted by Gasteiger charge is 2.11. The lowest BCUT2D eigenvalue weighted by atomic mass is 10.6. The summed E-state index contributed by atoms with van der Waals surface area (Å²) in [5.41, 5.74) is -1.58. The van der Waals surface area contributed by atoms with Crippen molar-refractivity contribution >= 4 is 37.2 Å². The molecule has 6 nitrogen and oxygen atoms in total. The molecule has 0 fully saturated rings. The second kappa shape index (κ2) is 8.06. The Labute approximate surface area is 122 Å². The average Bonchev–Trinajstić information content (AvgIpc) is 2.33. The molecule has 0 spiro atoms. The van der Waals surface area contributed by atoms with Gasteiger partial charge in [0, 0.05) is 56.9 Å². The highest BCUT2D eigenvalue weighted by Crippen LogP contribution is 1.89. The van der Waals surface area contributed by atoms with E-state index in [0.29, 0.717) is 0 Å². The third-order valence-corrected chi connectivity index (χ3v) is 2.33. The predicted octanol–water partition coefficient (Wildman–Crippen LogP) is 1.00. The molecular weight excluding hydrogens is 452 g/mol. The second-order valence-electron chi connectivity index (χ2n) is 3.08. The fourth-order valence-corrected chi connectivity index (χ4v) is 1.49. The molecule has 1 aromatic rings. The van der Waals surface area contributed by atoms with Crippen molar-refractivity contribution in [1.82, 2.24) is 13.7 Å². The fourth-order valence-electron chi connectivity index (χ4n) is 1.49. The monoisotopic (exact) mass is 467 g/mol. The Morgan fingerprint density at radius 3 is 1.00 bits per heavy atom. The first-order valence-corrected chi connectivity index (χ1v) is 11.5. The largest absolute Gasteiger partial charge is 0.336 e. The maximum atomic E-state index is 11.7. The van der Waals surface area contributed by atoms with Gasteiger partial charge in [-0.25, -0.2) is 28.1 Å². The third kappa shape index (κ3) is 3.42. The number of aromatic nitrogens is 3. The number of hydrogen-bond donors (Lipinski definition) is 0. The Hall–Kier alpha value is -0.130. The number of hydrogen-bond acceptors (Lipinski definition) is 3. The summed E-state index contributed by atoms with van der Waals surface area (Å²) in [5, 5.41) is 0. The van der Waals surface area contributed by atoms with Crippen molar-refractivity contribution in [1.29, 1.82) is 0 Å². The van der Waals surface area contributed by atoms with Crippen LogP contribution in [-0.2, 0) is 19.6 Å². The van der Waals surface area contributed by atoms with Crippen molar-refractivity contribution in [3.8, 4) is 0 Å². The van der Waals surface area contributed by atoms with Gasteiger partial charge in [-0.2, -0.15) is 0 Å². The first-order chi connectivity index (χ1) is 8.08. The molecule has 17 heavy (non-hydrogen) atoms. The zero-order valence-corrected chi connectivity index (χ0v) is 14.3. The molecule has 0 N–H and O–H groups in total. The molecule has 0 unspecified atom stereocenters. The van der Waals surface area contributed by atoms with E-state index in [1.807, 2.05) is 0 Å². The van der Waals surface area contributed by atoms with E-state index in [9.17, 15) is 14.4 Å². The van der Waals surface area contributed by atoms with E-state index in [1.165, 1.54) is 0 Å². The lowest BCUT2D eigenvalue weighted by Crippen LogP contribution is -2.53. The van der Waals surface area contributed by atoms with E-state index in [-0.39, 0.29) is 19.6 Å². The number of rotatable bonds is 3. The Kier molecular flexibility index (Phi) is 8.00. The zero-order chi connectivity index (χ0) is 13.6. The molecule has 0 aliphatic rings. The van der Waals surface area contributed by atoms with Crippen LogP contribution >= 0.6 is 37.2 Å². The highest BCUT2D eigenvalue weighted by atomic mass is 128. The van der Waals surface area contributed by atoms with Gasteiger partial charge < -0.3 is 0 Å². The Balaban J connectivity index is 0.00000121. The molecule has 0 atom stereocenters. The minimum absolute atomic E-state index is 0.276. The molecule has 0 saturated heterocycles. The topological polar surface area (TPSA) is 66.0 Å². The maximum absolute atomic E-state index is 11.7. The summed E-state index contributed by atoms with van der Waals surface area (Å²) in [5.74, 6) is 0. The molecule has 0 amide bonds. The van der Waals surface area contributed by atoms with E-state index in [0.717, 1.165) is 13.7 Å². The van der Waals surface area contributed by atoms with Crippen LogP contribution < -0.4 is 17.1 Å². The summed E-state index contributed by atoms with van der Waals surface area (Å²) < 4.78 is 3.19. The van der Waals surface area contributed by atoms with E-state index >= 15 is 0 Å². The van der Waals surface area contributed by atoms with Gasteiger partial charge >= 0.3 is 17.1 Å². The van der Waals surface area contributed by atoms with E-state index in [2.05, 4.69) is 37.2 Å². The van der Waals surface area contributed by atoms with Crippen LogP contribution in [0.15, 0.2) is 14.4 Å². The summed E-state index contributed by atoms with van der Waals surface area (Å²) in [7, 11) is 0. The van der Waals surface area contributed by atoms with Crippen molar-refractivity contribution in [3.05, 3.63) is 31.5 Å². The normalized spacial score (nSPS) is 9.71. The van der Waals surface area contributed by atoms with Gasteiger partial charge in [0.15, 0.2) is 0 Å². The second-order valence-corrected chi connectivity index (χ2v) is 3.08. The SMILES string of the molecule is CCn1c(=O)n(CC)c(=O)n(CC)c1=O.II. The van der Waals surface area contributed by atoms with Crippen LogP contribution in [0, 0.1) is 0 Å². The quantitative estimate of drug-likeness (QED) is 0.624. The van der Waals surface area contributed by atoms with Crippen LogP contribution in [0.4, 0.5) is 0 Å². The van der Waals surface area contributed by atoms with Crippen molar-refractivity contribution in [2.75, 3.05) is 0 Å². The predicted molar refractivity (Wildman–Crippen MR) is 84.3 cm³/mol. The Morgan fingerprint density at radius 2 is 0.882 bits per heavy atom. The Morgan fingerprint density at radius 1 is 0.706 bits per heavy atom. The minimum Gasteiger partial charge on any atom is -0.247 e. The van der Waals surface area contributed by atoms with Gasteiger partial charge in [0.2, 0.25) is 0 Å². The van der Waals surface area contributed by atoms with Crippen LogP contribution in [0.25, 0.3) is 0 Å². The summed E-state index contributed by atoms with van der Waals surface area (Å²) in [6, 6.07) is 0. The first kappa shape index (κ1) is 16.9. The molecule has 8 heteroatoms. The molecule has 1 heterocycles. The molecular formula is C9H15I2N3O3. The smallest absolute Gasteiger partial charge is 0.247 e. The summed E-state index contributed by atoms with van der Waals surface area (Å²) in [6.07, 6.45) is 0. The van der Waals surface area contributed by atoms with Gasteiger partial charge in [-0.05, 0) is 20.8 Å². The van der Waals surface area contributed by atoms with Crippen LogP contribution in [0.1, 0.15) is 20.8 Å². The molecule has 98 valence electrons. The average molecular weight is 467 g/mol. The highest BCUT2D eigenvalue weighted by molar-refractivity contribution is 15.0. The molecule has 1 rings (SSSR count). The molecule has 0 aromatic carbocycles. The van der Waals surface area contributed by atoms with Crippen molar-refractivity contribution < 1.29 is 0 Å². The third-order valence-electron chi connectivity index (χ3n) is 2.33. The van der Waals surface area contributed by atoms with E-state index in [4.69, 9.17) is 0 Å². The van der Waals surface area contributed by atoms with E-state index < -0.39 is 17.1 Å². The van der Waals surface area contributed by atoms with Gasteiger partial charge in [-0.3, -0.25) is 0 Å². The first-order valence-electron chi connectivity index (χ1n) is 5.17. The van der Waals surface area contributed by atoms with E-state index in [1.54, 1.807) is 20.8 Å². The van der Waals surface area contributed by atoms with Gasteiger partial charge in [0.1, 0.15) is 0 Å². The lowest BCUT2D eigenvalue weighted by molar-refractivity contribution is 0.472. The lowest BCUT2D eigenvalue weighted by Gasteiger charge is -2.09. The van der Waals surface area contributed by atoms with Crippen molar-refractivity contribution in [3.63, 3.8) is 0 Å². The fraction of sp³-hybridized carbons (Fsp3) is 0.667. The molecule has 0 aliphatic carbocycles. The van der Waals surface area contributed by atoms with Crippen LogP contribution in [0.3, 0.4) is 0 Å². The molecule has 0 radical (unpaired) electrons. The van der Waals surface area contributed by atoms with Gasteiger partial charge in [0.05, 0.1) is 0 Å². The van der Waals surface area contributed by atoms with Gasteiger partial charge in [-0.1, -0.05) is 0 Å². The van der Waals surface area contributed by atoms with Crippen LogP contribution in [0.5, 0.6) is 0 Å². The van der Waals surface area contributed by atoms with Crippen molar-refractivity contribution in [2.45, 2.75) is 40.4 Å². The molecule has 0 bridgehead atoms. The molecule has 0 aliphatic heterocycles. The van der Waals surface area contributed by atoms with Gasteiger partial charge in [-0.15, -0.1) is 0 Å². The Bertz CT molecular complexity index is 423. The van der Waals surface area contributed by atoms with Crippen LogP contribution in [0.2, 0.25) is 0 Å². The summed E-state index contributed by atoms with van der Waals surface area (Å²) >= 11 is 4.24. The van der Waals surface area contributed by atoms with Crippen LogP contribution in [-0.4, -0.2) is 13.7 Å². The summed E-state index contributed by atoms with van der Waals surface area (Å²) in [6.45, 7) is 5.93. The summed E-state index contributed by atoms with van der Waals surface area (Å²) in [4.78, 5) is 35.0. The van der Waals surface area contributed by atoms with Crippen molar-refractivity contribution in [2.24, 2.45) is 0 Å². The molecule has 0 saturated carbocycles. The minimum atomic E-state index is -0.528. The zero-order valence-electron chi connectivity index (χ0n) is 9.94. The van der Waals surface area contributed by atoms with Gasteiger partial charge in [0.25, 0.3) is 0 Å². The maximum Gasteiger partial charge on any atom is 0.336 e. The number of halogens is 2. The molecule has 1 aromatic heterocycles. The standard InChI is InChI=1S/C9H15N3O3.I2/c1-4-10-7(13)11(5-2)9(15)12(6-3)8(10)14;1-2/h4-6H2,1-3H3;. The number of nitrogens with zero attached hydrogens (tertiary/aromatic N) is 3.